The molecule has 2 aromatic heterocycles. The molecule has 0 bridgehead atoms. The van der Waals surface area contributed by atoms with E-state index in [1.165, 1.54) is 0 Å². The number of carbonyl (C=O) groups is 1. The predicted octanol–water partition coefficient (Wildman–Crippen LogP) is 3.11. The molecule has 0 radical (unpaired) electrons. The molecule has 1 aliphatic rings. The Morgan fingerprint density at radius 1 is 1.05 bits per heavy atom. The minimum atomic E-state index is -1.56. The number of hydrogen-bond acceptors (Lipinski definition) is 8. The molecule has 5 aromatic rings. The van der Waals surface area contributed by atoms with Crippen LogP contribution in [0.25, 0.3) is 16.6 Å². The molecule has 10 nitrogen and oxygen atoms in total. The van der Waals surface area contributed by atoms with Crippen LogP contribution in [0, 0.1) is 6.92 Å². The van der Waals surface area contributed by atoms with Crippen molar-refractivity contribution in [2.45, 2.75) is 25.8 Å². The largest absolute Gasteiger partial charge is 0.497 e. The van der Waals surface area contributed by atoms with E-state index in [-0.39, 0.29) is 12.3 Å². The minimum Gasteiger partial charge on any atom is -0.497 e. The average molecular weight is 595 g/mol. The number of aliphatic imine (C=N–C) groups is 1. The molecule has 0 fully saturated rings. The van der Waals surface area contributed by atoms with Gasteiger partial charge in [-0.3, -0.25) is 19.3 Å². The van der Waals surface area contributed by atoms with Crippen molar-refractivity contribution in [2.75, 3.05) is 13.7 Å². The van der Waals surface area contributed by atoms with Crippen LogP contribution in [-0.2, 0) is 11.2 Å². The summed E-state index contributed by atoms with van der Waals surface area (Å²) in [7, 11) is 0.0509. The van der Waals surface area contributed by atoms with Crippen LogP contribution in [0.1, 0.15) is 40.9 Å². The van der Waals surface area contributed by atoms with Crippen molar-refractivity contribution < 1.29 is 19.6 Å². The number of halogens is 1. The number of carbonyl (C=O) groups excluding carboxylic acids is 1. The van der Waals surface area contributed by atoms with E-state index in [0.717, 1.165) is 27.9 Å². The zero-order valence-corrected chi connectivity index (χ0v) is 24.3. The van der Waals surface area contributed by atoms with Gasteiger partial charge in [-0.1, -0.05) is 41.9 Å². The highest BCUT2D eigenvalue weighted by Gasteiger charge is 2.30. The lowest BCUT2D eigenvalue weighted by molar-refractivity contribution is -0.121. The van der Waals surface area contributed by atoms with Gasteiger partial charge in [-0.15, -0.1) is 10.2 Å². The van der Waals surface area contributed by atoms with Crippen LogP contribution in [-0.4, -0.2) is 62.2 Å². The highest BCUT2D eigenvalue weighted by molar-refractivity contribution is 6.58. The summed E-state index contributed by atoms with van der Waals surface area (Å²) in [5, 5.41) is 32.2. The zero-order chi connectivity index (χ0) is 30.1. The first-order valence-corrected chi connectivity index (χ1v) is 14.2. The van der Waals surface area contributed by atoms with E-state index in [9.17, 15) is 14.8 Å². The van der Waals surface area contributed by atoms with Gasteiger partial charge in [0.15, 0.2) is 5.82 Å². The van der Waals surface area contributed by atoms with Crippen LogP contribution in [0.4, 0.5) is 0 Å². The summed E-state index contributed by atoms with van der Waals surface area (Å²) in [4.78, 5) is 23.0. The van der Waals surface area contributed by atoms with E-state index in [4.69, 9.17) is 21.3 Å². The minimum absolute atomic E-state index is 0.0588. The number of benzene rings is 3. The number of amides is 1. The van der Waals surface area contributed by atoms with Gasteiger partial charge in [-0.25, -0.2) is 0 Å². The quantitative estimate of drug-likeness (QED) is 0.235. The summed E-state index contributed by atoms with van der Waals surface area (Å²) in [6.07, 6.45) is 0.557. The van der Waals surface area contributed by atoms with Crippen molar-refractivity contribution in [3.05, 3.63) is 106 Å². The number of hydrogen-bond donors (Lipinski definition) is 3. The summed E-state index contributed by atoms with van der Waals surface area (Å²) in [6, 6.07) is 21.5. The molecule has 12 heteroatoms. The highest BCUT2D eigenvalue weighted by atomic mass is 35.5. The summed E-state index contributed by atoms with van der Waals surface area (Å²) >= 11 is 6.19. The normalized spacial score (nSPS) is 14.0. The van der Waals surface area contributed by atoms with Crippen LogP contribution < -0.4 is 15.5 Å². The third-order valence-electron chi connectivity index (χ3n) is 7.40. The molecule has 0 aliphatic carbocycles. The molecular formula is C31H28BClN6O4. The third kappa shape index (κ3) is 5.87. The number of aryl methyl sites for hydroxylation is 1. The van der Waals surface area contributed by atoms with Crippen molar-refractivity contribution in [3.63, 3.8) is 0 Å². The summed E-state index contributed by atoms with van der Waals surface area (Å²) in [5.41, 5.74) is 5.01. The second-order valence-corrected chi connectivity index (χ2v) is 10.7. The van der Waals surface area contributed by atoms with Crippen molar-refractivity contribution in [3.8, 4) is 11.4 Å². The molecule has 0 unspecified atom stereocenters. The Balaban J connectivity index is 1.26. The number of ether oxygens (including phenoxy) is 1. The molecule has 1 atom stereocenters. The first kappa shape index (κ1) is 28.5. The molecule has 1 amide bonds. The van der Waals surface area contributed by atoms with Gasteiger partial charge in [0.2, 0.25) is 5.91 Å². The van der Waals surface area contributed by atoms with Crippen molar-refractivity contribution in [1.82, 2.24) is 25.1 Å². The molecule has 43 heavy (non-hydrogen) atoms. The molecule has 3 heterocycles. The SMILES string of the molecule is COc1ccc2c(c1)C(c1ccc(Cl)cc1)=N[C@@H](CC(=O)NCCc1ccc3ccc(B(O)O)cc3n1)c1nnc(C)n1-2. The Morgan fingerprint density at radius 3 is 2.60 bits per heavy atom. The number of nitrogens with zero attached hydrogens (tertiary/aromatic N) is 5. The van der Waals surface area contributed by atoms with Gasteiger partial charge in [0, 0.05) is 40.2 Å². The number of rotatable bonds is 8. The fourth-order valence-electron chi connectivity index (χ4n) is 5.23. The Hall–Kier alpha value is -4.58. The van der Waals surface area contributed by atoms with Gasteiger partial charge < -0.3 is 20.1 Å². The van der Waals surface area contributed by atoms with Crippen molar-refractivity contribution in [1.29, 1.82) is 0 Å². The molecule has 3 N–H and O–H groups in total. The first-order chi connectivity index (χ1) is 20.8. The van der Waals surface area contributed by atoms with Crippen LogP contribution in [0.3, 0.4) is 0 Å². The summed E-state index contributed by atoms with van der Waals surface area (Å²) in [6.45, 7) is 2.24. The molecule has 216 valence electrons. The topological polar surface area (TPSA) is 135 Å². The van der Waals surface area contributed by atoms with Gasteiger partial charge in [0.05, 0.1) is 30.4 Å². The maximum Gasteiger partial charge on any atom is 0.488 e. The van der Waals surface area contributed by atoms with Crippen molar-refractivity contribution in [2.24, 2.45) is 4.99 Å². The summed E-state index contributed by atoms with van der Waals surface area (Å²) < 4.78 is 7.47. The molecule has 6 rings (SSSR count). The van der Waals surface area contributed by atoms with Gasteiger partial charge in [-0.2, -0.15) is 0 Å². The van der Waals surface area contributed by atoms with E-state index in [1.807, 2.05) is 66.1 Å². The monoisotopic (exact) mass is 594 g/mol. The third-order valence-corrected chi connectivity index (χ3v) is 7.66. The van der Waals surface area contributed by atoms with E-state index < -0.39 is 13.2 Å². The Kier molecular flexibility index (Phi) is 7.94. The fourth-order valence-corrected chi connectivity index (χ4v) is 5.36. The maximum atomic E-state index is 13.3. The zero-order valence-electron chi connectivity index (χ0n) is 23.5. The number of nitrogens with one attached hydrogen (secondary N) is 1. The number of pyridine rings is 1. The van der Waals surface area contributed by atoms with Gasteiger partial charge in [-0.05, 0) is 54.9 Å². The maximum absolute atomic E-state index is 13.3. The molecule has 0 saturated heterocycles. The lowest BCUT2D eigenvalue weighted by Gasteiger charge is -2.14. The van der Waals surface area contributed by atoms with E-state index in [0.29, 0.717) is 52.1 Å². The van der Waals surface area contributed by atoms with Crippen molar-refractivity contribution >= 4 is 46.7 Å². The lowest BCUT2D eigenvalue weighted by atomic mass is 9.80. The Bertz CT molecular complexity index is 1860. The number of methoxy groups -OCH3 is 1. The Labute approximate surface area is 253 Å². The van der Waals surface area contributed by atoms with Gasteiger partial charge in [0.25, 0.3) is 0 Å². The standard InChI is InChI=1S/C31H28BClN6O4/c1-18-37-38-31-27(17-29(40)34-14-13-23-10-6-19-3-7-21(32(41)42)15-26(19)35-23)36-30(20-4-8-22(33)9-5-20)25-16-24(43-2)11-12-28(25)39(18)31/h3-12,15-16,27,41-42H,13-14,17H2,1-2H3,(H,34,40)/t27-/m0/s1. The van der Waals surface area contributed by atoms with Gasteiger partial charge in [0.1, 0.15) is 17.6 Å². The van der Waals surface area contributed by atoms with Crippen LogP contribution in [0.2, 0.25) is 5.02 Å². The number of fused-ring (bicyclic) bond motifs is 4. The second-order valence-electron chi connectivity index (χ2n) is 10.3. The average Bonchev–Trinajstić information content (AvgIpc) is 3.33. The molecule has 0 saturated carbocycles. The fraction of sp³-hybridized carbons (Fsp3) is 0.194. The highest BCUT2D eigenvalue weighted by Crippen LogP contribution is 2.34. The van der Waals surface area contributed by atoms with E-state index in [2.05, 4.69) is 20.5 Å². The molecule has 1 aliphatic heterocycles. The second kappa shape index (κ2) is 12.0. The first-order valence-electron chi connectivity index (χ1n) is 13.8. The number of aromatic nitrogens is 4. The van der Waals surface area contributed by atoms with Crippen LogP contribution in [0.15, 0.2) is 77.8 Å². The van der Waals surface area contributed by atoms with E-state index >= 15 is 0 Å². The Morgan fingerprint density at radius 2 is 1.84 bits per heavy atom. The predicted molar refractivity (Wildman–Crippen MR) is 165 cm³/mol. The van der Waals surface area contributed by atoms with Crippen LogP contribution in [0.5, 0.6) is 5.75 Å². The lowest BCUT2D eigenvalue weighted by Crippen LogP contribution is -2.29. The molecular weight excluding hydrogens is 567 g/mol. The van der Waals surface area contributed by atoms with Gasteiger partial charge >= 0.3 is 7.12 Å². The molecule has 3 aromatic carbocycles. The smallest absolute Gasteiger partial charge is 0.488 e. The van der Waals surface area contributed by atoms with Crippen LogP contribution >= 0.6 is 11.6 Å². The summed E-state index contributed by atoms with van der Waals surface area (Å²) in [5.74, 6) is 1.74. The molecule has 0 spiro atoms. The van der Waals surface area contributed by atoms with E-state index in [1.54, 1.807) is 25.3 Å².